The molecule has 1 N–H and O–H groups in total. The highest BCUT2D eigenvalue weighted by Gasteiger charge is 2.35. The quantitative estimate of drug-likeness (QED) is 0.874. The van der Waals surface area contributed by atoms with Crippen LogP contribution in [-0.4, -0.2) is 18.6 Å². The third-order valence-electron chi connectivity index (χ3n) is 5.08. The third kappa shape index (κ3) is 3.22. The zero-order chi connectivity index (χ0) is 14.8. The van der Waals surface area contributed by atoms with Crippen molar-refractivity contribution in [3.05, 3.63) is 28.8 Å². The summed E-state index contributed by atoms with van der Waals surface area (Å²) in [4.78, 5) is 2.66. The summed E-state index contributed by atoms with van der Waals surface area (Å²) in [5.41, 5.74) is 2.65. The number of benzene rings is 1. The van der Waals surface area contributed by atoms with E-state index in [0.717, 1.165) is 23.5 Å². The van der Waals surface area contributed by atoms with Crippen LogP contribution in [0.15, 0.2) is 18.2 Å². The van der Waals surface area contributed by atoms with Gasteiger partial charge in [0.05, 0.1) is 0 Å². The summed E-state index contributed by atoms with van der Waals surface area (Å²) in [6, 6.07) is 7.63. The molecule has 1 aliphatic carbocycles. The highest BCUT2D eigenvalue weighted by Crippen LogP contribution is 2.41. The van der Waals surface area contributed by atoms with E-state index in [-0.39, 0.29) is 0 Å². The first-order valence-corrected chi connectivity index (χ1v) is 8.82. The largest absolute Gasteiger partial charge is 0.368 e. The van der Waals surface area contributed by atoms with E-state index in [1.54, 1.807) is 0 Å². The lowest BCUT2D eigenvalue weighted by Gasteiger charge is -2.40. The monoisotopic (exact) mass is 306 g/mol. The van der Waals surface area contributed by atoms with Gasteiger partial charge in [-0.3, -0.25) is 0 Å². The zero-order valence-electron chi connectivity index (χ0n) is 13.2. The number of halogens is 1. The molecule has 0 bridgehead atoms. The van der Waals surface area contributed by atoms with Crippen LogP contribution in [-0.2, 0) is 6.54 Å². The van der Waals surface area contributed by atoms with Gasteiger partial charge in [0.2, 0.25) is 0 Å². The lowest BCUT2D eigenvalue weighted by molar-refractivity contribution is 0.361. The van der Waals surface area contributed by atoms with Gasteiger partial charge in [0, 0.05) is 41.4 Å². The first kappa shape index (κ1) is 15.2. The fourth-order valence-electron chi connectivity index (χ4n) is 4.05. The van der Waals surface area contributed by atoms with Gasteiger partial charge in [0.25, 0.3) is 0 Å². The lowest BCUT2D eigenvalue weighted by Crippen LogP contribution is -2.43. The fourth-order valence-corrected chi connectivity index (χ4v) is 4.29. The molecular formula is C18H27ClN2. The van der Waals surface area contributed by atoms with Crippen molar-refractivity contribution in [1.29, 1.82) is 0 Å². The van der Waals surface area contributed by atoms with Crippen LogP contribution >= 0.6 is 11.6 Å². The van der Waals surface area contributed by atoms with Crippen molar-refractivity contribution < 1.29 is 0 Å². The van der Waals surface area contributed by atoms with E-state index < -0.39 is 0 Å². The Labute approximate surface area is 133 Å². The lowest BCUT2D eigenvalue weighted by atomic mass is 9.91. The summed E-state index contributed by atoms with van der Waals surface area (Å²) in [5, 5.41) is 4.43. The number of nitrogens with one attached hydrogen (secondary N) is 1. The molecule has 1 aromatic rings. The third-order valence-corrected chi connectivity index (χ3v) is 5.44. The Kier molecular flexibility index (Phi) is 4.75. The minimum atomic E-state index is 0.481. The summed E-state index contributed by atoms with van der Waals surface area (Å²) in [6.07, 6.45) is 6.91. The normalized spacial score (nSPS) is 25.4. The first-order chi connectivity index (χ1) is 10.2. The van der Waals surface area contributed by atoms with Crippen molar-refractivity contribution in [2.24, 2.45) is 5.92 Å². The molecule has 0 aromatic heterocycles. The summed E-state index contributed by atoms with van der Waals surface area (Å²) in [5.74, 6) is 0.906. The molecule has 2 fully saturated rings. The molecule has 2 unspecified atom stereocenters. The second-order valence-corrected chi connectivity index (χ2v) is 7.27. The van der Waals surface area contributed by atoms with Crippen LogP contribution in [0.5, 0.6) is 0 Å². The molecule has 21 heavy (non-hydrogen) atoms. The molecule has 1 aromatic carbocycles. The predicted octanol–water partition coefficient (Wildman–Crippen LogP) is 4.61. The van der Waals surface area contributed by atoms with Crippen LogP contribution in [0.3, 0.4) is 0 Å². The van der Waals surface area contributed by atoms with E-state index in [2.05, 4.69) is 36.2 Å². The Hall–Kier alpha value is -0.730. The number of rotatable bonds is 4. The van der Waals surface area contributed by atoms with Crippen LogP contribution in [0.25, 0.3) is 0 Å². The average molecular weight is 307 g/mol. The van der Waals surface area contributed by atoms with Crippen molar-refractivity contribution >= 4 is 17.3 Å². The highest BCUT2D eigenvalue weighted by atomic mass is 35.5. The second-order valence-electron chi connectivity index (χ2n) is 6.87. The molecule has 0 radical (unpaired) electrons. The number of fused-ring (bicyclic) bond motifs is 1. The van der Waals surface area contributed by atoms with Crippen molar-refractivity contribution in [1.82, 2.24) is 5.32 Å². The van der Waals surface area contributed by atoms with Gasteiger partial charge in [-0.2, -0.15) is 0 Å². The Balaban J connectivity index is 1.88. The molecule has 2 nitrogen and oxygen atoms in total. The van der Waals surface area contributed by atoms with Gasteiger partial charge in [0.15, 0.2) is 0 Å². The molecular weight excluding hydrogens is 280 g/mol. The van der Waals surface area contributed by atoms with Crippen molar-refractivity contribution in [2.45, 2.75) is 64.6 Å². The van der Waals surface area contributed by atoms with E-state index in [1.165, 1.54) is 49.9 Å². The highest BCUT2D eigenvalue weighted by molar-refractivity contribution is 6.31. The Morgan fingerprint density at radius 3 is 2.86 bits per heavy atom. The SMILES string of the molecule is CC(C)NCc1c(Cl)cccc1N1CCCC2CCCC21. The standard InChI is InChI=1S/C18H27ClN2/c1-13(2)20-12-15-16(19)8-4-10-18(15)21-11-5-7-14-6-3-9-17(14)21/h4,8,10,13-14,17,20H,3,5-7,9,11-12H2,1-2H3. The van der Waals surface area contributed by atoms with Gasteiger partial charge in [-0.1, -0.05) is 37.9 Å². The Bertz CT molecular complexity index is 486. The van der Waals surface area contributed by atoms with E-state index in [4.69, 9.17) is 11.6 Å². The number of anilines is 1. The Morgan fingerprint density at radius 2 is 2.05 bits per heavy atom. The molecule has 2 aliphatic rings. The first-order valence-electron chi connectivity index (χ1n) is 8.44. The van der Waals surface area contributed by atoms with Crippen LogP contribution in [0.2, 0.25) is 5.02 Å². The number of piperidine rings is 1. The minimum absolute atomic E-state index is 0.481. The van der Waals surface area contributed by atoms with E-state index >= 15 is 0 Å². The molecule has 3 rings (SSSR count). The number of hydrogen-bond acceptors (Lipinski definition) is 2. The summed E-state index contributed by atoms with van der Waals surface area (Å²) in [7, 11) is 0. The summed E-state index contributed by atoms with van der Waals surface area (Å²) < 4.78 is 0. The average Bonchev–Trinajstić information content (AvgIpc) is 2.94. The second kappa shape index (κ2) is 6.58. The van der Waals surface area contributed by atoms with Gasteiger partial charge < -0.3 is 10.2 Å². The summed E-state index contributed by atoms with van der Waals surface area (Å²) in [6.45, 7) is 6.42. The molecule has 1 heterocycles. The van der Waals surface area contributed by atoms with Crippen LogP contribution in [0.1, 0.15) is 51.5 Å². The Morgan fingerprint density at radius 1 is 1.24 bits per heavy atom. The number of hydrogen-bond donors (Lipinski definition) is 1. The minimum Gasteiger partial charge on any atom is -0.368 e. The topological polar surface area (TPSA) is 15.3 Å². The number of nitrogens with zero attached hydrogens (tertiary/aromatic N) is 1. The smallest absolute Gasteiger partial charge is 0.0471 e. The van der Waals surface area contributed by atoms with Crippen LogP contribution < -0.4 is 10.2 Å². The molecule has 0 spiro atoms. The summed E-state index contributed by atoms with van der Waals surface area (Å²) >= 11 is 6.51. The van der Waals surface area contributed by atoms with Gasteiger partial charge in [0.1, 0.15) is 0 Å². The predicted molar refractivity (Wildman–Crippen MR) is 91.1 cm³/mol. The molecule has 116 valence electrons. The molecule has 1 saturated heterocycles. The van der Waals surface area contributed by atoms with Crippen LogP contribution in [0, 0.1) is 5.92 Å². The van der Waals surface area contributed by atoms with E-state index in [0.29, 0.717) is 6.04 Å². The maximum absolute atomic E-state index is 6.51. The van der Waals surface area contributed by atoms with E-state index in [1.807, 2.05) is 6.07 Å². The van der Waals surface area contributed by atoms with Crippen molar-refractivity contribution in [3.8, 4) is 0 Å². The maximum atomic E-state index is 6.51. The molecule has 0 amide bonds. The van der Waals surface area contributed by atoms with Crippen molar-refractivity contribution in [3.63, 3.8) is 0 Å². The molecule has 1 aliphatic heterocycles. The van der Waals surface area contributed by atoms with E-state index in [9.17, 15) is 0 Å². The van der Waals surface area contributed by atoms with Gasteiger partial charge in [-0.05, 0) is 43.7 Å². The molecule has 2 atom stereocenters. The van der Waals surface area contributed by atoms with Gasteiger partial charge in [-0.15, -0.1) is 0 Å². The van der Waals surface area contributed by atoms with Gasteiger partial charge in [-0.25, -0.2) is 0 Å². The molecule has 1 saturated carbocycles. The zero-order valence-corrected chi connectivity index (χ0v) is 14.0. The molecule has 3 heteroatoms. The van der Waals surface area contributed by atoms with Crippen LogP contribution in [0.4, 0.5) is 5.69 Å². The van der Waals surface area contributed by atoms with Gasteiger partial charge >= 0.3 is 0 Å². The fraction of sp³-hybridized carbons (Fsp3) is 0.667. The maximum Gasteiger partial charge on any atom is 0.0471 e. The van der Waals surface area contributed by atoms with Crippen molar-refractivity contribution in [2.75, 3.05) is 11.4 Å².